The van der Waals surface area contributed by atoms with Gasteiger partial charge in [-0.2, -0.15) is 0 Å². The summed E-state index contributed by atoms with van der Waals surface area (Å²) in [6.07, 6.45) is 1.58. The van der Waals surface area contributed by atoms with Gasteiger partial charge in [0.25, 0.3) is 5.91 Å². The van der Waals surface area contributed by atoms with Gasteiger partial charge in [-0.3, -0.25) is 9.59 Å². The average Bonchev–Trinajstić information content (AvgIpc) is 2.61. The molecule has 1 aromatic carbocycles. The van der Waals surface area contributed by atoms with Gasteiger partial charge in [0.2, 0.25) is 5.91 Å². The molecule has 2 amide bonds. The van der Waals surface area contributed by atoms with Crippen molar-refractivity contribution < 1.29 is 9.59 Å². The fourth-order valence-electron chi connectivity index (χ4n) is 2.70. The summed E-state index contributed by atoms with van der Waals surface area (Å²) >= 11 is 5.99. The number of aromatic nitrogens is 2. The molecule has 2 heterocycles. The summed E-state index contributed by atoms with van der Waals surface area (Å²) in [5.74, 6) is 0.368. The van der Waals surface area contributed by atoms with Crippen molar-refractivity contribution in [3.05, 3.63) is 53.1 Å². The Morgan fingerprint density at radius 3 is 2.72 bits per heavy atom. The first-order chi connectivity index (χ1) is 12.0. The lowest BCUT2D eigenvalue weighted by Crippen LogP contribution is -2.52. The summed E-state index contributed by atoms with van der Waals surface area (Å²) < 4.78 is 0. The van der Waals surface area contributed by atoms with Crippen LogP contribution in [0, 0.1) is 0 Å². The number of amides is 2. The van der Waals surface area contributed by atoms with Gasteiger partial charge in [-0.1, -0.05) is 31.5 Å². The highest BCUT2D eigenvalue weighted by Gasteiger charge is 2.29. The molecule has 3 rings (SSSR count). The predicted octanol–water partition coefficient (Wildman–Crippen LogP) is 2.74. The fraction of sp³-hybridized carbons (Fsp3) is 0.333. The molecule has 1 aliphatic heterocycles. The molecular formula is C18H19ClN4O2. The van der Waals surface area contributed by atoms with Crippen LogP contribution in [-0.4, -0.2) is 46.3 Å². The molecular weight excluding hydrogens is 340 g/mol. The molecule has 0 N–H and O–H groups in total. The lowest BCUT2D eigenvalue weighted by Gasteiger charge is -2.34. The minimum Gasteiger partial charge on any atom is -0.326 e. The first-order valence-corrected chi connectivity index (χ1v) is 8.51. The van der Waals surface area contributed by atoms with Crippen molar-refractivity contribution >= 4 is 29.1 Å². The molecule has 6 nitrogen and oxygen atoms in total. The first-order valence-electron chi connectivity index (χ1n) is 8.14. The molecule has 1 aromatic heterocycles. The number of halogens is 1. The van der Waals surface area contributed by atoms with Crippen molar-refractivity contribution in [2.45, 2.75) is 19.8 Å². The maximum Gasteiger partial charge on any atom is 0.273 e. The highest BCUT2D eigenvalue weighted by molar-refractivity contribution is 6.30. The van der Waals surface area contributed by atoms with Crippen molar-refractivity contribution in [3.63, 3.8) is 0 Å². The number of piperazine rings is 1. The summed E-state index contributed by atoms with van der Waals surface area (Å²) in [7, 11) is 0. The number of rotatable bonds is 3. The Morgan fingerprint density at radius 2 is 2.04 bits per heavy atom. The summed E-state index contributed by atoms with van der Waals surface area (Å²) in [6.45, 7) is 4.82. The molecule has 0 bridgehead atoms. The zero-order valence-electron chi connectivity index (χ0n) is 14.1. The lowest BCUT2D eigenvalue weighted by atomic mass is 10.2. The standard InChI is InChI=1S/C18H19ClN4O2/c1-12(2)17-20-7-6-15(21-17)18(25)22-8-9-23(16(24)11-22)14-5-3-4-13(19)10-14/h3-7,10,12H,8-9,11H2,1-2H3. The van der Waals surface area contributed by atoms with Crippen LogP contribution in [0.25, 0.3) is 0 Å². The third-order valence-electron chi connectivity index (χ3n) is 4.04. The van der Waals surface area contributed by atoms with Crippen LogP contribution < -0.4 is 4.90 Å². The monoisotopic (exact) mass is 358 g/mol. The Kier molecular flexibility index (Phi) is 4.99. The summed E-state index contributed by atoms with van der Waals surface area (Å²) in [5.41, 5.74) is 1.07. The van der Waals surface area contributed by atoms with Crippen molar-refractivity contribution in [2.24, 2.45) is 0 Å². The number of nitrogens with zero attached hydrogens (tertiary/aromatic N) is 4. The maximum absolute atomic E-state index is 12.7. The van der Waals surface area contributed by atoms with Gasteiger partial charge in [-0.25, -0.2) is 9.97 Å². The van der Waals surface area contributed by atoms with E-state index < -0.39 is 0 Å². The summed E-state index contributed by atoms with van der Waals surface area (Å²) in [6, 6.07) is 8.73. The lowest BCUT2D eigenvalue weighted by molar-refractivity contribution is -0.120. The van der Waals surface area contributed by atoms with Gasteiger partial charge in [-0.05, 0) is 24.3 Å². The molecule has 25 heavy (non-hydrogen) atoms. The van der Waals surface area contributed by atoms with E-state index in [0.717, 1.165) is 5.69 Å². The number of carbonyl (C=O) groups excluding carboxylic acids is 2. The van der Waals surface area contributed by atoms with Crippen molar-refractivity contribution in [3.8, 4) is 0 Å². The molecule has 0 atom stereocenters. The van der Waals surface area contributed by atoms with E-state index in [9.17, 15) is 9.59 Å². The van der Waals surface area contributed by atoms with E-state index in [1.165, 1.54) is 4.90 Å². The highest BCUT2D eigenvalue weighted by atomic mass is 35.5. The van der Waals surface area contributed by atoms with Crippen LogP contribution >= 0.6 is 11.6 Å². The second-order valence-electron chi connectivity index (χ2n) is 6.21. The summed E-state index contributed by atoms with van der Waals surface area (Å²) in [5, 5.41) is 0.575. The van der Waals surface area contributed by atoms with Crippen molar-refractivity contribution in [1.29, 1.82) is 0 Å². The third-order valence-corrected chi connectivity index (χ3v) is 4.27. The third kappa shape index (κ3) is 3.79. The van der Waals surface area contributed by atoms with E-state index >= 15 is 0 Å². The fourth-order valence-corrected chi connectivity index (χ4v) is 2.88. The molecule has 1 saturated heterocycles. The zero-order valence-corrected chi connectivity index (χ0v) is 14.9. The van der Waals surface area contributed by atoms with Crippen LogP contribution in [0.1, 0.15) is 36.1 Å². The molecule has 1 aliphatic rings. The highest BCUT2D eigenvalue weighted by Crippen LogP contribution is 2.22. The van der Waals surface area contributed by atoms with E-state index in [0.29, 0.717) is 29.6 Å². The smallest absolute Gasteiger partial charge is 0.273 e. The minimum absolute atomic E-state index is 0.0202. The Morgan fingerprint density at radius 1 is 1.24 bits per heavy atom. The maximum atomic E-state index is 12.7. The van der Waals surface area contributed by atoms with E-state index in [2.05, 4.69) is 9.97 Å². The molecule has 7 heteroatoms. The Bertz CT molecular complexity index is 809. The van der Waals surface area contributed by atoms with Gasteiger partial charge in [0.15, 0.2) is 0 Å². The van der Waals surface area contributed by atoms with Crippen LogP contribution in [-0.2, 0) is 4.79 Å². The van der Waals surface area contributed by atoms with Gasteiger partial charge < -0.3 is 9.80 Å². The van der Waals surface area contributed by atoms with Crippen LogP contribution in [0.2, 0.25) is 5.02 Å². The molecule has 0 radical (unpaired) electrons. The number of benzene rings is 1. The minimum atomic E-state index is -0.247. The van der Waals surface area contributed by atoms with Gasteiger partial charge in [-0.15, -0.1) is 0 Å². The second-order valence-corrected chi connectivity index (χ2v) is 6.64. The van der Waals surface area contributed by atoms with Gasteiger partial charge in [0.05, 0.1) is 0 Å². The molecule has 0 spiro atoms. The van der Waals surface area contributed by atoms with Crippen LogP contribution in [0.15, 0.2) is 36.5 Å². The molecule has 1 fully saturated rings. The predicted molar refractivity (Wildman–Crippen MR) is 95.8 cm³/mol. The molecule has 0 aliphatic carbocycles. The summed E-state index contributed by atoms with van der Waals surface area (Å²) in [4.78, 5) is 36.8. The largest absolute Gasteiger partial charge is 0.326 e. The van der Waals surface area contributed by atoms with Crippen LogP contribution in [0.5, 0.6) is 0 Å². The van der Waals surface area contributed by atoms with E-state index in [4.69, 9.17) is 11.6 Å². The normalized spacial score (nSPS) is 15.0. The topological polar surface area (TPSA) is 66.4 Å². The Labute approximate surface area is 151 Å². The van der Waals surface area contributed by atoms with Gasteiger partial charge in [0.1, 0.15) is 18.1 Å². The number of hydrogen-bond acceptors (Lipinski definition) is 4. The van der Waals surface area contributed by atoms with Crippen molar-refractivity contribution in [2.75, 3.05) is 24.5 Å². The average molecular weight is 359 g/mol. The second kappa shape index (κ2) is 7.19. The molecule has 0 saturated carbocycles. The van der Waals surface area contributed by atoms with E-state index in [1.54, 1.807) is 35.4 Å². The SMILES string of the molecule is CC(C)c1nccc(C(=O)N2CCN(c3cccc(Cl)c3)C(=O)C2)n1. The van der Waals surface area contributed by atoms with E-state index in [-0.39, 0.29) is 24.3 Å². The number of anilines is 1. The zero-order chi connectivity index (χ0) is 18.0. The first kappa shape index (κ1) is 17.4. The van der Waals surface area contributed by atoms with Gasteiger partial charge >= 0.3 is 0 Å². The Hall–Kier alpha value is -2.47. The Balaban J connectivity index is 1.73. The van der Waals surface area contributed by atoms with Crippen molar-refractivity contribution in [1.82, 2.24) is 14.9 Å². The molecule has 2 aromatic rings. The van der Waals surface area contributed by atoms with Crippen LogP contribution in [0.3, 0.4) is 0 Å². The number of carbonyl (C=O) groups is 2. The van der Waals surface area contributed by atoms with Gasteiger partial charge in [0, 0.05) is 35.9 Å². The molecule has 130 valence electrons. The number of hydrogen-bond donors (Lipinski definition) is 0. The quantitative estimate of drug-likeness (QED) is 0.846. The van der Waals surface area contributed by atoms with E-state index in [1.807, 2.05) is 19.9 Å². The van der Waals surface area contributed by atoms with Crippen LogP contribution in [0.4, 0.5) is 5.69 Å². The molecule has 0 unspecified atom stereocenters.